The lowest BCUT2D eigenvalue weighted by Gasteiger charge is -2.16. The van der Waals surface area contributed by atoms with Gasteiger partial charge in [0.05, 0.1) is 5.69 Å². The van der Waals surface area contributed by atoms with Crippen LogP contribution in [0.3, 0.4) is 0 Å². The summed E-state index contributed by atoms with van der Waals surface area (Å²) in [6.45, 7) is 3.98. The van der Waals surface area contributed by atoms with Gasteiger partial charge in [0.25, 0.3) is 0 Å². The summed E-state index contributed by atoms with van der Waals surface area (Å²) >= 11 is 0. The Hall–Kier alpha value is -2.21. The Morgan fingerprint density at radius 1 is 1.16 bits per heavy atom. The lowest BCUT2D eigenvalue weighted by Crippen LogP contribution is -2.14. The number of nitrogens with two attached hydrogens (primary N) is 1. The molecular formula is C13H16FN5. The second-order valence-corrected chi connectivity index (χ2v) is 4.39. The molecule has 5 nitrogen and oxygen atoms in total. The minimum Gasteiger partial charge on any atom is -0.337 e. The van der Waals surface area contributed by atoms with Crippen molar-refractivity contribution < 1.29 is 4.39 Å². The molecule has 0 aliphatic carbocycles. The zero-order chi connectivity index (χ0) is 13.8. The molecule has 0 saturated carbocycles. The second kappa shape index (κ2) is 5.62. The van der Waals surface area contributed by atoms with Gasteiger partial charge in [-0.25, -0.2) is 20.2 Å². The molecule has 100 valence electrons. The third-order valence-corrected chi connectivity index (χ3v) is 2.72. The molecule has 0 saturated heterocycles. The standard InChI is InChI=1S/C13H16FN5/c1-8(2)11-12(16-7-17-13(11)19-15)18-10-6-4-3-5-9(10)14/h3-8H,15H2,1-2H3,(H2,16,17,18,19). The molecule has 0 spiro atoms. The summed E-state index contributed by atoms with van der Waals surface area (Å²) < 4.78 is 13.6. The lowest BCUT2D eigenvalue weighted by atomic mass is 10.0. The van der Waals surface area contributed by atoms with Crippen LogP contribution in [0.2, 0.25) is 0 Å². The maximum atomic E-state index is 13.6. The van der Waals surface area contributed by atoms with Gasteiger partial charge >= 0.3 is 0 Å². The Bertz CT molecular complexity index is 571. The number of nitrogens with one attached hydrogen (secondary N) is 2. The van der Waals surface area contributed by atoms with E-state index in [2.05, 4.69) is 20.7 Å². The van der Waals surface area contributed by atoms with Gasteiger partial charge in [-0.05, 0) is 18.1 Å². The number of rotatable bonds is 4. The summed E-state index contributed by atoms with van der Waals surface area (Å²) in [6, 6.07) is 6.43. The summed E-state index contributed by atoms with van der Waals surface area (Å²) in [7, 11) is 0. The van der Waals surface area contributed by atoms with Crippen molar-refractivity contribution in [3.63, 3.8) is 0 Å². The third-order valence-electron chi connectivity index (χ3n) is 2.72. The van der Waals surface area contributed by atoms with Crippen molar-refractivity contribution in [3.05, 3.63) is 42.0 Å². The Morgan fingerprint density at radius 2 is 1.84 bits per heavy atom. The van der Waals surface area contributed by atoms with E-state index >= 15 is 0 Å². The minimum atomic E-state index is -0.335. The summed E-state index contributed by atoms with van der Waals surface area (Å²) in [6.07, 6.45) is 1.38. The van der Waals surface area contributed by atoms with Gasteiger partial charge in [0.15, 0.2) is 0 Å². The largest absolute Gasteiger partial charge is 0.337 e. The van der Waals surface area contributed by atoms with E-state index in [0.717, 1.165) is 5.56 Å². The van der Waals surface area contributed by atoms with E-state index in [9.17, 15) is 4.39 Å². The molecule has 2 aromatic rings. The molecule has 0 bridgehead atoms. The van der Waals surface area contributed by atoms with Gasteiger partial charge in [0.2, 0.25) is 0 Å². The Kier molecular flexibility index (Phi) is 3.91. The van der Waals surface area contributed by atoms with Gasteiger partial charge in [-0.3, -0.25) is 0 Å². The van der Waals surface area contributed by atoms with Gasteiger partial charge in [-0.15, -0.1) is 0 Å². The van der Waals surface area contributed by atoms with Crippen molar-refractivity contribution >= 4 is 17.3 Å². The first-order valence-electron chi connectivity index (χ1n) is 5.96. The van der Waals surface area contributed by atoms with Crippen molar-refractivity contribution in [2.75, 3.05) is 10.7 Å². The third kappa shape index (κ3) is 2.79. The zero-order valence-corrected chi connectivity index (χ0v) is 10.8. The molecule has 0 aliphatic heterocycles. The number of hydrogen-bond acceptors (Lipinski definition) is 5. The minimum absolute atomic E-state index is 0.140. The number of aromatic nitrogens is 2. The summed E-state index contributed by atoms with van der Waals surface area (Å²) in [5, 5.41) is 2.98. The van der Waals surface area contributed by atoms with E-state index in [1.54, 1.807) is 18.2 Å². The molecule has 0 aliphatic rings. The molecule has 4 N–H and O–H groups in total. The van der Waals surface area contributed by atoms with Crippen LogP contribution in [0.5, 0.6) is 0 Å². The van der Waals surface area contributed by atoms with Crippen LogP contribution in [0, 0.1) is 5.82 Å². The van der Waals surface area contributed by atoms with Gasteiger partial charge in [-0.2, -0.15) is 0 Å². The van der Waals surface area contributed by atoms with E-state index in [1.807, 2.05) is 13.8 Å². The lowest BCUT2D eigenvalue weighted by molar-refractivity contribution is 0.631. The fourth-order valence-corrected chi connectivity index (χ4v) is 1.85. The van der Waals surface area contributed by atoms with Crippen molar-refractivity contribution in [2.24, 2.45) is 5.84 Å². The first-order valence-corrected chi connectivity index (χ1v) is 5.96. The fraction of sp³-hybridized carbons (Fsp3) is 0.231. The average molecular weight is 261 g/mol. The quantitative estimate of drug-likeness (QED) is 0.583. The van der Waals surface area contributed by atoms with Gasteiger partial charge < -0.3 is 10.7 Å². The van der Waals surface area contributed by atoms with Gasteiger partial charge in [-0.1, -0.05) is 26.0 Å². The van der Waals surface area contributed by atoms with E-state index < -0.39 is 0 Å². The van der Waals surface area contributed by atoms with Crippen molar-refractivity contribution in [1.82, 2.24) is 9.97 Å². The maximum absolute atomic E-state index is 13.6. The number of nitrogens with zero attached hydrogens (tertiary/aromatic N) is 2. The van der Waals surface area contributed by atoms with E-state index in [-0.39, 0.29) is 11.7 Å². The highest BCUT2D eigenvalue weighted by Gasteiger charge is 2.15. The second-order valence-electron chi connectivity index (χ2n) is 4.39. The number of halogens is 1. The summed E-state index contributed by atoms with van der Waals surface area (Å²) in [4.78, 5) is 8.22. The molecule has 1 aromatic heterocycles. The highest BCUT2D eigenvalue weighted by atomic mass is 19.1. The zero-order valence-electron chi connectivity index (χ0n) is 10.8. The molecule has 6 heteroatoms. The molecule has 1 aromatic carbocycles. The topological polar surface area (TPSA) is 75.9 Å². The number of nitrogen functional groups attached to an aromatic ring is 1. The monoisotopic (exact) mass is 261 g/mol. The van der Waals surface area contributed by atoms with Crippen LogP contribution in [-0.2, 0) is 0 Å². The Labute approximate surface area is 111 Å². The summed E-state index contributed by atoms with van der Waals surface area (Å²) in [5.74, 6) is 6.32. The van der Waals surface area contributed by atoms with E-state index in [0.29, 0.717) is 17.3 Å². The fourth-order valence-electron chi connectivity index (χ4n) is 1.85. The van der Waals surface area contributed by atoms with Gasteiger partial charge in [0, 0.05) is 5.56 Å². The van der Waals surface area contributed by atoms with E-state index in [4.69, 9.17) is 5.84 Å². The number of para-hydroxylation sites is 1. The van der Waals surface area contributed by atoms with Crippen molar-refractivity contribution in [2.45, 2.75) is 19.8 Å². The van der Waals surface area contributed by atoms with Crippen molar-refractivity contribution in [3.8, 4) is 0 Å². The van der Waals surface area contributed by atoms with Crippen LogP contribution < -0.4 is 16.6 Å². The number of hydrogen-bond donors (Lipinski definition) is 3. The highest BCUT2D eigenvalue weighted by Crippen LogP contribution is 2.30. The van der Waals surface area contributed by atoms with Crippen LogP contribution >= 0.6 is 0 Å². The molecular weight excluding hydrogens is 245 g/mol. The van der Waals surface area contributed by atoms with E-state index in [1.165, 1.54) is 12.4 Å². The highest BCUT2D eigenvalue weighted by molar-refractivity contribution is 5.65. The van der Waals surface area contributed by atoms with Crippen LogP contribution in [0.4, 0.5) is 21.7 Å². The Morgan fingerprint density at radius 3 is 2.47 bits per heavy atom. The first kappa shape index (κ1) is 13.2. The molecule has 0 radical (unpaired) electrons. The van der Waals surface area contributed by atoms with Crippen LogP contribution in [0.25, 0.3) is 0 Å². The molecule has 1 heterocycles. The number of hydrazine groups is 1. The van der Waals surface area contributed by atoms with Crippen LogP contribution in [0.1, 0.15) is 25.3 Å². The van der Waals surface area contributed by atoms with Gasteiger partial charge in [0.1, 0.15) is 23.8 Å². The predicted molar refractivity (Wildman–Crippen MR) is 73.6 cm³/mol. The molecule has 2 rings (SSSR count). The molecule has 0 atom stereocenters. The molecule has 0 unspecified atom stereocenters. The normalized spacial score (nSPS) is 10.6. The van der Waals surface area contributed by atoms with Crippen LogP contribution in [-0.4, -0.2) is 9.97 Å². The molecule has 0 amide bonds. The van der Waals surface area contributed by atoms with Crippen LogP contribution in [0.15, 0.2) is 30.6 Å². The molecule has 19 heavy (non-hydrogen) atoms. The average Bonchev–Trinajstić information content (AvgIpc) is 2.40. The Balaban J connectivity index is 2.43. The van der Waals surface area contributed by atoms with Crippen molar-refractivity contribution in [1.29, 1.82) is 0 Å². The SMILES string of the molecule is CC(C)c1c(NN)ncnc1Nc1ccccc1F. The maximum Gasteiger partial charge on any atom is 0.148 e. The molecule has 0 fully saturated rings. The number of benzene rings is 1. The first-order chi connectivity index (χ1) is 9.13. The number of anilines is 3. The summed E-state index contributed by atoms with van der Waals surface area (Å²) in [5.41, 5.74) is 3.71. The predicted octanol–water partition coefficient (Wildman–Crippen LogP) is 2.77. The smallest absolute Gasteiger partial charge is 0.148 e.